The quantitative estimate of drug-likeness (QED) is 0.458. The van der Waals surface area contributed by atoms with Crippen molar-refractivity contribution in [3.05, 3.63) is 62.6 Å². The summed E-state index contributed by atoms with van der Waals surface area (Å²) in [4.78, 5) is 14.6. The van der Waals surface area contributed by atoms with Crippen LogP contribution in [0.25, 0.3) is 0 Å². The fraction of sp³-hybridized carbons (Fsp3) is 0.235. The Kier molecular flexibility index (Phi) is 5.80. The van der Waals surface area contributed by atoms with Crippen LogP contribution in [0, 0.1) is 10.1 Å². The van der Waals surface area contributed by atoms with Crippen molar-refractivity contribution in [1.29, 1.82) is 0 Å². The number of nitrogens with one attached hydrogen (secondary N) is 1. The van der Waals surface area contributed by atoms with Crippen LogP contribution in [0.4, 0.5) is 17.1 Å². The average Bonchev–Trinajstić information content (AvgIpc) is 2.65. The molecule has 0 amide bonds. The number of nitro benzene ring substituents is 1. The highest BCUT2D eigenvalue weighted by Crippen LogP contribution is 2.25. The first-order valence-electron chi connectivity index (χ1n) is 7.94. The summed E-state index contributed by atoms with van der Waals surface area (Å²) >= 11 is 17.4. The van der Waals surface area contributed by atoms with E-state index in [1.807, 2.05) is 6.07 Å². The van der Waals surface area contributed by atoms with Gasteiger partial charge in [0.15, 0.2) is 5.11 Å². The highest BCUT2D eigenvalue weighted by molar-refractivity contribution is 7.80. The minimum absolute atomic E-state index is 0.0967. The van der Waals surface area contributed by atoms with E-state index >= 15 is 0 Å². The van der Waals surface area contributed by atoms with E-state index in [1.165, 1.54) is 12.1 Å². The Balaban J connectivity index is 1.56. The normalized spacial score (nSPS) is 14.2. The number of halogens is 2. The summed E-state index contributed by atoms with van der Waals surface area (Å²) in [6.45, 7) is 3.07. The SMILES string of the molecule is O=[N+]([O-])c1ccc(N2CCN(C(=S)Nc3ccc(Cl)c(Cl)c3)CC2)cc1. The van der Waals surface area contributed by atoms with Gasteiger partial charge in [0.2, 0.25) is 0 Å². The molecule has 1 aliphatic heterocycles. The molecule has 0 aromatic heterocycles. The number of piperazine rings is 1. The number of benzene rings is 2. The van der Waals surface area contributed by atoms with Gasteiger partial charge in [0.25, 0.3) is 5.69 Å². The second-order valence-corrected chi connectivity index (χ2v) is 7.01. The molecule has 6 nitrogen and oxygen atoms in total. The monoisotopic (exact) mass is 410 g/mol. The molecule has 0 spiro atoms. The van der Waals surface area contributed by atoms with Crippen LogP contribution in [0.5, 0.6) is 0 Å². The van der Waals surface area contributed by atoms with Gasteiger partial charge >= 0.3 is 0 Å². The molecule has 1 saturated heterocycles. The molecule has 0 atom stereocenters. The number of anilines is 2. The van der Waals surface area contributed by atoms with Gasteiger partial charge in [-0.1, -0.05) is 23.2 Å². The number of nitro groups is 1. The third kappa shape index (κ3) is 4.35. The summed E-state index contributed by atoms with van der Waals surface area (Å²) in [5.74, 6) is 0. The Hall–Kier alpha value is -2.09. The van der Waals surface area contributed by atoms with Gasteiger partial charge in [-0.15, -0.1) is 0 Å². The van der Waals surface area contributed by atoms with E-state index in [0.717, 1.165) is 37.6 Å². The van der Waals surface area contributed by atoms with Crippen LogP contribution in [-0.2, 0) is 0 Å². The predicted molar refractivity (Wildman–Crippen MR) is 110 cm³/mol. The maximum Gasteiger partial charge on any atom is 0.269 e. The van der Waals surface area contributed by atoms with Crippen LogP contribution < -0.4 is 10.2 Å². The molecule has 0 aliphatic carbocycles. The third-order valence-corrected chi connectivity index (χ3v) is 5.26. The zero-order valence-electron chi connectivity index (χ0n) is 13.7. The molecule has 0 saturated carbocycles. The second-order valence-electron chi connectivity index (χ2n) is 5.81. The van der Waals surface area contributed by atoms with E-state index in [9.17, 15) is 10.1 Å². The molecule has 1 fully saturated rings. The van der Waals surface area contributed by atoms with E-state index in [0.29, 0.717) is 15.2 Å². The van der Waals surface area contributed by atoms with Crippen molar-refractivity contribution >= 4 is 57.6 Å². The van der Waals surface area contributed by atoms with Gasteiger partial charge in [-0.05, 0) is 42.5 Å². The second kappa shape index (κ2) is 8.07. The molecule has 0 unspecified atom stereocenters. The highest BCUT2D eigenvalue weighted by atomic mass is 35.5. The zero-order chi connectivity index (χ0) is 18.7. The van der Waals surface area contributed by atoms with Gasteiger partial charge < -0.3 is 15.1 Å². The Morgan fingerprint density at radius 3 is 2.27 bits per heavy atom. The average molecular weight is 411 g/mol. The van der Waals surface area contributed by atoms with Crippen LogP contribution in [0.2, 0.25) is 10.0 Å². The molecule has 3 rings (SSSR count). The van der Waals surface area contributed by atoms with Crippen LogP contribution in [0.3, 0.4) is 0 Å². The van der Waals surface area contributed by atoms with Crippen molar-refractivity contribution in [2.45, 2.75) is 0 Å². The molecule has 0 radical (unpaired) electrons. The van der Waals surface area contributed by atoms with Gasteiger partial charge in [-0.3, -0.25) is 10.1 Å². The van der Waals surface area contributed by atoms with Crippen molar-refractivity contribution in [2.75, 3.05) is 36.4 Å². The van der Waals surface area contributed by atoms with Crippen molar-refractivity contribution < 1.29 is 4.92 Å². The largest absolute Gasteiger partial charge is 0.368 e. The van der Waals surface area contributed by atoms with Crippen molar-refractivity contribution in [3.8, 4) is 0 Å². The highest BCUT2D eigenvalue weighted by Gasteiger charge is 2.20. The number of rotatable bonds is 3. The van der Waals surface area contributed by atoms with Gasteiger partial charge in [0.05, 0.1) is 15.0 Å². The number of hydrogen-bond acceptors (Lipinski definition) is 4. The summed E-state index contributed by atoms with van der Waals surface area (Å²) < 4.78 is 0. The number of hydrogen-bond donors (Lipinski definition) is 1. The molecule has 0 bridgehead atoms. The van der Waals surface area contributed by atoms with Crippen LogP contribution in [0.1, 0.15) is 0 Å². The summed E-state index contributed by atoms with van der Waals surface area (Å²) in [6, 6.07) is 11.9. The molecule has 2 aromatic rings. The molecule has 2 aromatic carbocycles. The molecule has 26 heavy (non-hydrogen) atoms. The number of nitrogens with zero attached hydrogens (tertiary/aromatic N) is 3. The maximum absolute atomic E-state index is 10.7. The summed E-state index contributed by atoms with van der Waals surface area (Å²) in [5.41, 5.74) is 1.86. The lowest BCUT2D eigenvalue weighted by Crippen LogP contribution is -2.50. The molecule has 1 aliphatic rings. The van der Waals surface area contributed by atoms with Gasteiger partial charge in [-0.25, -0.2) is 0 Å². The lowest BCUT2D eigenvalue weighted by atomic mass is 10.2. The smallest absolute Gasteiger partial charge is 0.269 e. The number of thiocarbonyl (C=S) groups is 1. The van der Waals surface area contributed by atoms with E-state index in [4.69, 9.17) is 35.4 Å². The fourth-order valence-corrected chi connectivity index (χ4v) is 3.33. The molecular formula is C17H16Cl2N4O2S. The lowest BCUT2D eigenvalue weighted by molar-refractivity contribution is -0.384. The van der Waals surface area contributed by atoms with Crippen LogP contribution in [-0.4, -0.2) is 41.1 Å². The topological polar surface area (TPSA) is 61.7 Å². The summed E-state index contributed by atoms with van der Waals surface area (Å²) in [5, 5.41) is 15.5. The molecule has 136 valence electrons. The van der Waals surface area contributed by atoms with Gasteiger partial charge in [0, 0.05) is 49.7 Å². The van der Waals surface area contributed by atoms with E-state index in [1.54, 1.807) is 24.3 Å². The van der Waals surface area contributed by atoms with Crippen molar-refractivity contribution in [2.24, 2.45) is 0 Å². The molecule has 1 heterocycles. The standard InChI is InChI=1S/C17H16Cl2N4O2S/c18-15-6-1-12(11-16(15)19)20-17(26)22-9-7-21(8-10-22)13-2-4-14(5-3-13)23(24)25/h1-6,11H,7-10H2,(H,20,26). The minimum Gasteiger partial charge on any atom is -0.368 e. The Morgan fingerprint density at radius 2 is 1.69 bits per heavy atom. The van der Waals surface area contributed by atoms with Gasteiger partial charge in [-0.2, -0.15) is 0 Å². The summed E-state index contributed by atoms with van der Waals surface area (Å²) in [7, 11) is 0. The van der Waals surface area contributed by atoms with Crippen LogP contribution in [0.15, 0.2) is 42.5 Å². The summed E-state index contributed by atoms with van der Waals surface area (Å²) in [6.07, 6.45) is 0. The Labute approximate surface area is 166 Å². The Morgan fingerprint density at radius 1 is 1.04 bits per heavy atom. The fourth-order valence-electron chi connectivity index (χ4n) is 2.73. The number of non-ortho nitro benzene ring substituents is 1. The zero-order valence-corrected chi connectivity index (χ0v) is 16.0. The predicted octanol–water partition coefficient (Wildman–Crippen LogP) is 4.42. The Bertz CT molecular complexity index is 824. The van der Waals surface area contributed by atoms with E-state index in [2.05, 4.69) is 15.1 Å². The molecule has 1 N–H and O–H groups in total. The minimum atomic E-state index is -0.394. The third-order valence-electron chi connectivity index (χ3n) is 4.16. The first-order valence-corrected chi connectivity index (χ1v) is 9.11. The van der Waals surface area contributed by atoms with E-state index in [-0.39, 0.29) is 5.69 Å². The van der Waals surface area contributed by atoms with Crippen molar-refractivity contribution in [3.63, 3.8) is 0 Å². The van der Waals surface area contributed by atoms with E-state index < -0.39 is 4.92 Å². The first-order chi connectivity index (χ1) is 12.4. The molecule has 9 heteroatoms. The van der Waals surface area contributed by atoms with Gasteiger partial charge in [0.1, 0.15) is 0 Å². The molecular weight excluding hydrogens is 395 g/mol. The lowest BCUT2D eigenvalue weighted by Gasteiger charge is -2.37. The van der Waals surface area contributed by atoms with Crippen molar-refractivity contribution in [1.82, 2.24) is 4.90 Å². The first kappa shape index (κ1) is 18.7. The van der Waals surface area contributed by atoms with Crippen LogP contribution >= 0.6 is 35.4 Å². The maximum atomic E-state index is 10.7.